The number of rotatable bonds is 1. The van der Waals surface area contributed by atoms with Gasteiger partial charge in [-0.2, -0.15) is 0 Å². The highest BCUT2D eigenvalue weighted by Crippen LogP contribution is 2.19. The van der Waals surface area contributed by atoms with Crippen LogP contribution in [0.3, 0.4) is 0 Å². The van der Waals surface area contributed by atoms with Gasteiger partial charge in [0.05, 0.1) is 12.6 Å². The molecule has 0 unspecified atom stereocenters. The zero-order chi connectivity index (χ0) is 11.0. The van der Waals surface area contributed by atoms with E-state index in [0.29, 0.717) is 16.8 Å². The number of aromatic amines is 1. The van der Waals surface area contributed by atoms with E-state index in [4.69, 9.17) is 16.3 Å². The Bertz CT molecular complexity index is 575. The first-order valence-electron chi connectivity index (χ1n) is 4.49. The zero-order valence-electron chi connectivity index (χ0n) is 8.43. The Morgan fingerprint density at radius 2 is 2.13 bits per heavy atom. The fraction of sp³-hybridized carbons (Fsp3) is 0.182. The van der Waals surface area contributed by atoms with Gasteiger partial charge in [-0.25, -0.2) is 0 Å². The fourth-order valence-electron chi connectivity index (χ4n) is 1.50. The van der Waals surface area contributed by atoms with Crippen molar-refractivity contribution in [3.8, 4) is 5.75 Å². The maximum atomic E-state index is 11.8. The molecule has 0 aliphatic carbocycles. The van der Waals surface area contributed by atoms with Crippen molar-refractivity contribution < 1.29 is 4.74 Å². The van der Waals surface area contributed by atoms with Gasteiger partial charge in [0.2, 0.25) is 5.43 Å². The second-order valence-corrected chi connectivity index (χ2v) is 3.68. The first-order valence-corrected chi connectivity index (χ1v) is 4.87. The van der Waals surface area contributed by atoms with Crippen LogP contribution in [0.15, 0.2) is 23.0 Å². The molecule has 2 aromatic rings. The minimum absolute atomic E-state index is 0.148. The number of benzene rings is 1. The summed E-state index contributed by atoms with van der Waals surface area (Å²) in [4.78, 5) is 14.8. The Morgan fingerprint density at radius 1 is 1.40 bits per heavy atom. The van der Waals surface area contributed by atoms with E-state index in [1.54, 1.807) is 32.2 Å². The third-order valence-corrected chi connectivity index (χ3v) is 2.78. The van der Waals surface area contributed by atoms with Crippen LogP contribution in [0.2, 0.25) is 5.02 Å². The molecular formula is C11H10ClNO2. The molecule has 0 aliphatic rings. The molecule has 1 heterocycles. The van der Waals surface area contributed by atoms with Gasteiger partial charge in [-0.1, -0.05) is 11.6 Å². The predicted molar refractivity (Wildman–Crippen MR) is 60.9 cm³/mol. The van der Waals surface area contributed by atoms with Gasteiger partial charge in [-0.3, -0.25) is 4.79 Å². The molecule has 0 fully saturated rings. The first-order chi connectivity index (χ1) is 7.13. The summed E-state index contributed by atoms with van der Waals surface area (Å²) in [5.74, 6) is 0.708. The average Bonchev–Trinajstić information content (AvgIpc) is 2.25. The van der Waals surface area contributed by atoms with Crippen LogP contribution in [-0.4, -0.2) is 12.1 Å². The molecule has 0 amide bonds. The summed E-state index contributed by atoms with van der Waals surface area (Å²) in [6.07, 6.45) is 0. The number of fused-ring (bicyclic) bond motifs is 1. The molecule has 1 N–H and O–H groups in total. The number of methoxy groups -OCH3 is 1. The van der Waals surface area contributed by atoms with E-state index < -0.39 is 0 Å². The monoisotopic (exact) mass is 223 g/mol. The number of pyridine rings is 1. The fourth-order valence-corrected chi connectivity index (χ4v) is 1.65. The summed E-state index contributed by atoms with van der Waals surface area (Å²) >= 11 is 5.86. The third-order valence-electron chi connectivity index (χ3n) is 2.32. The molecule has 0 saturated carbocycles. The Morgan fingerprint density at radius 3 is 2.80 bits per heavy atom. The van der Waals surface area contributed by atoms with E-state index >= 15 is 0 Å². The lowest BCUT2D eigenvalue weighted by Gasteiger charge is -2.04. The topological polar surface area (TPSA) is 42.1 Å². The number of H-pyrrole nitrogens is 1. The molecule has 4 heteroatoms. The van der Waals surface area contributed by atoms with Gasteiger partial charge in [0.1, 0.15) is 10.8 Å². The van der Waals surface area contributed by atoms with Crippen LogP contribution in [-0.2, 0) is 0 Å². The van der Waals surface area contributed by atoms with E-state index in [2.05, 4.69) is 4.98 Å². The largest absolute Gasteiger partial charge is 0.497 e. The Balaban J connectivity index is 2.86. The lowest BCUT2D eigenvalue weighted by atomic mass is 10.2. The van der Waals surface area contributed by atoms with Gasteiger partial charge in [0.25, 0.3) is 0 Å². The van der Waals surface area contributed by atoms with Gasteiger partial charge >= 0.3 is 0 Å². The molecule has 0 aliphatic heterocycles. The molecule has 1 aromatic carbocycles. The van der Waals surface area contributed by atoms with Gasteiger partial charge in [-0.15, -0.1) is 0 Å². The van der Waals surface area contributed by atoms with Crippen molar-refractivity contribution in [3.63, 3.8) is 0 Å². The molecule has 0 bridgehead atoms. The van der Waals surface area contributed by atoms with Crippen molar-refractivity contribution in [2.75, 3.05) is 7.11 Å². The van der Waals surface area contributed by atoms with Crippen molar-refractivity contribution in [1.82, 2.24) is 4.98 Å². The van der Waals surface area contributed by atoms with Gasteiger partial charge < -0.3 is 9.72 Å². The number of aromatic nitrogens is 1. The van der Waals surface area contributed by atoms with Crippen LogP contribution in [0.5, 0.6) is 5.75 Å². The van der Waals surface area contributed by atoms with E-state index in [0.717, 1.165) is 5.52 Å². The van der Waals surface area contributed by atoms with E-state index in [1.165, 1.54) is 0 Å². The van der Waals surface area contributed by atoms with Crippen molar-refractivity contribution in [2.24, 2.45) is 0 Å². The lowest BCUT2D eigenvalue weighted by Crippen LogP contribution is -2.06. The summed E-state index contributed by atoms with van der Waals surface area (Å²) in [5, 5.41) is 0.819. The number of hydrogen-bond donors (Lipinski definition) is 1. The minimum Gasteiger partial charge on any atom is -0.497 e. The molecule has 0 atom stereocenters. The zero-order valence-corrected chi connectivity index (χ0v) is 9.18. The SMILES string of the molecule is COc1ccc2c(=O)c(Cl)c(C)[nH]c2c1. The van der Waals surface area contributed by atoms with E-state index in [9.17, 15) is 4.79 Å². The number of hydrogen-bond acceptors (Lipinski definition) is 2. The van der Waals surface area contributed by atoms with Crippen LogP contribution in [0, 0.1) is 6.92 Å². The molecule has 0 radical (unpaired) electrons. The van der Waals surface area contributed by atoms with Crippen molar-refractivity contribution in [1.29, 1.82) is 0 Å². The normalized spacial score (nSPS) is 10.6. The van der Waals surface area contributed by atoms with Gasteiger partial charge in [-0.05, 0) is 19.1 Å². The van der Waals surface area contributed by atoms with Crippen molar-refractivity contribution >= 4 is 22.5 Å². The summed E-state index contributed by atoms with van der Waals surface area (Å²) in [5.41, 5.74) is 1.26. The third kappa shape index (κ3) is 1.59. The molecule has 0 spiro atoms. The summed E-state index contributed by atoms with van der Waals surface area (Å²) in [6.45, 7) is 1.77. The summed E-state index contributed by atoms with van der Waals surface area (Å²) in [7, 11) is 1.59. The quantitative estimate of drug-likeness (QED) is 0.807. The summed E-state index contributed by atoms with van der Waals surface area (Å²) < 4.78 is 5.08. The molecule has 15 heavy (non-hydrogen) atoms. The second-order valence-electron chi connectivity index (χ2n) is 3.30. The van der Waals surface area contributed by atoms with Gasteiger partial charge in [0.15, 0.2) is 0 Å². The van der Waals surface area contributed by atoms with Crippen LogP contribution in [0.25, 0.3) is 10.9 Å². The highest BCUT2D eigenvalue weighted by Gasteiger charge is 2.07. The molecule has 78 valence electrons. The Labute approximate surface area is 91.6 Å². The summed E-state index contributed by atoms with van der Waals surface area (Å²) in [6, 6.07) is 5.22. The van der Waals surface area contributed by atoms with Crippen LogP contribution in [0.4, 0.5) is 0 Å². The smallest absolute Gasteiger partial charge is 0.208 e. The van der Waals surface area contributed by atoms with Crippen LogP contribution in [0.1, 0.15) is 5.69 Å². The van der Waals surface area contributed by atoms with Crippen molar-refractivity contribution in [3.05, 3.63) is 39.1 Å². The Hall–Kier alpha value is -1.48. The van der Waals surface area contributed by atoms with Gasteiger partial charge in [0, 0.05) is 17.1 Å². The molecule has 1 aromatic heterocycles. The molecule has 0 saturated heterocycles. The number of nitrogens with one attached hydrogen (secondary N) is 1. The highest BCUT2D eigenvalue weighted by molar-refractivity contribution is 6.31. The standard InChI is InChI=1S/C11H10ClNO2/c1-6-10(12)11(14)8-4-3-7(15-2)5-9(8)13-6/h3-5H,1-2H3,(H,13,14). The molecular weight excluding hydrogens is 214 g/mol. The maximum absolute atomic E-state index is 11.8. The van der Waals surface area contributed by atoms with E-state index in [-0.39, 0.29) is 10.5 Å². The molecule has 3 nitrogen and oxygen atoms in total. The lowest BCUT2D eigenvalue weighted by molar-refractivity contribution is 0.415. The number of aryl methyl sites for hydroxylation is 1. The van der Waals surface area contributed by atoms with Crippen LogP contribution < -0.4 is 10.2 Å². The predicted octanol–water partition coefficient (Wildman–Crippen LogP) is 2.50. The number of ether oxygens (including phenoxy) is 1. The minimum atomic E-state index is -0.148. The van der Waals surface area contributed by atoms with Crippen molar-refractivity contribution in [2.45, 2.75) is 6.92 Å². The molecule has 2 rings (SSSR count). The maximum Gasteiger partial charge on any atom is 0.208 e. The van der Waals surface area contributed by atoms with E-state index in [1.807, 2.05) is 0 Å². The second kappa shape index (κ2) is 3.59. The van der Waals surface area contributed by atoms with Crippen LogP contribution >= 0.6 is 11.6 Å². The average molecular weight is 224 g/mol. The highest BCUT2D eigenvalue weighted by atomic mass is 35.5. The Kier molecular flexibility index (Phi) is 2.40. The first kappa shape index (κ1) is 10.1. The number of halogens is 1.